The van der Waals surface area contributed by atoms with Crippen LogP contribution in [-0.2, 0) is 24.2 Å². The summed E-state index contributed by atoms with van der Waals surface area (Å²) >= 11 is 0. The van der Waals surface area contributed by atoms with E-state index in [1.807, 2.05) is 22.8 Å². The van der Waals surface area contributed by atoms with Crippen LogP contribution in [0.2, 0.25) is 0 Å². The summed E-state index contributed by atoms with van der Waals surface area (Å²) in [5.74, 6) is -0.343. The van der Waals surface area contributed by atoms with Gasteiger partial charge in [0, 0.05) is 18.9 Å². The van der Waals surface area contributed by atoms with Gasteiger partial charge in [-0.1, -0.05) is 24.3 Å². The van der Waals surface area contributed by atoms with Gasteiger partial charge in [0.2, 0.25) is 0 Å². The molecule has 1 unspecified atom stereocenters. The maximum atomic E-state index is 10.7. The first-order valence-electron chi connectivity index (χ1n) is 7.39. The largest absolute Gasteiger partial charge is 1.00 e. The van der Waals surface area contributed by atoms with Crippen LogP contribution in [0, 0.1) is 0 Å². The van der Waals surface area contributed by atoms with Gasteiger partial charge in [0.15, 0.2) is 0 Å². The Labute approximate surface area is 161 Å². The van der Waals surface area contributed by atoms with Crippen LogP contribution in [0.1, 0.15) is 22.9 Å². The number of aliphatic hydroxyl groups excluding tert-OH is 1. The minimum Gasteiger partial charge on any atom is -0.550 e. The zero-order valence-electron chi connectivity index (χ0n) is 13.5. The number of nitrogens with zero attached hydrogens (tertiary/aromatic N) is 3. The molecule has 24 heavy (non-hydrogen) atoms. The van der Waals surface area contributed by atoms with Crippen molar-refractivity contribution in [1.82, 2.24) is 9.55 Å². The Kier molecular flexibility index (Phi) is 6.56. The van der Waals surface area contributed by atoms with Gasteiger partial charge in [-0.25, -0.2) is 4.98 Å². The van der Waals surface area contributed by atoms with Crippen LogP contribution in [0.3, 0.4) is 0 Å². The molecular formula is C16H17N4NaO3. The van der Waals surface area contributed by atoms with Crippen molar-refractivity contribution >= 4 is 18.1 Å². The summed E-state index contributed by atoms with van der Waals surface area (Å²) in [7, 11) is 0. The smallest absolute Gasteiger partial charge is 0.550 e. The van der Waals surface area contributed by atoms with Crippen LogP contribution in [0.4, 0.5) is 5.82 Å². The number of anilines is 1. The van der Waals surface area contributed by atoms with Crippen molar-refractivity contribution in [3.63, 3.8) is 0 Å². The van der Waals surface area contributed by atoms with Crippen molar-refractivity contribution in [3.8, 4) is 0 Å². The number of hydrogen-bond donors (Lipinski definition) is 2. The number of nitrogens with one attached hydrogen (secondary N) is 1. The van der Waals surface area contributed by atoms with Crippen molar-refractivity contribution in [2.24, 2.45) is 4.99 Å². The molecule has 1 aromatic heterocycles. The molecular weight excluding hydrogens is 319 g/mol. The van der Waals surface area contributed by atoms with Crippen molar-refractivity contribution in [2.75, 3.05) is 11.9 Å². The molecule has 0 saturated carbocycles. The fraction of sp³-hybridized carbons (Fsp3) is 0.312. The van der Waals surface area contributed by atoms with Gasteiger partial charge in [-0.2, -0.15) is 0 Å². The van der Waals surface area contributed by atoms with E-state index in [0.717, 1.165) is 23.4 Å². The van der Waals surface area contributed by atoms with Crippen LogP contribution in [0.15, 0.2) is 35.6 Å². The Hall–Kier alpha value is -1.67. The maximum Gasteiger partial charge on any atom is 1.00 e. The molecule has 7 nitrogen and oxygen atoms in total. The van der Waals surface area contributed by atoms with Crippen molar-refractivity contribution in [2.45, 2.75) is 25.5 Å². The summed E-state index contributed by atoms with van der Waals surface area (Å²) in [6.45, 7) is 0.951. The molecule has 3 rings (SSSR count). The van der Waals surface area contributed by atoms with Crippen LogP contribution >= 0.6 is 0 Å². The van der Waals surface area contributed by atoms with E-state index in [1.54, 1.807) is 18.7 Å². The van der Waals surface area contributed by atoms with Crippen molar-refractivity contribution in [1.29, 1.82) is 0 Å². The monoisotopic (exact) mass is 336 g/mol. The Balaban J connectivity index is 0.00000208. The molecule has 120 valence electrons. The zero-order chi connectivity index (χ0) is 16.2. The molecule has 0 spiro atoms. The van der Waals surface area contributed by atoms with Gasteiger partial charge in [0.25, 0.3) is 0 Å². The average Bonchev–Trinajstić information content (AvgIpc) is 2.83. The van der Waals surface area contributed by atoms with Gasteiger partial charge in [-0.05, 0) is 17.5 Å². The molecule has 2 heterocycles. The Morgan fingerprint density at radius 2 is 2.21 bits per heavy atom. The molecule has 0 bridgehead atoms. The predicted octanol–water partition coefficient (Wildman–Crippen LogP) is -3.09. The number of rotatable bonds is 5. The Bertz CT molecular complexity index is 745. The summed E-state index contributed by atoms with van der Waals surface area (Å²) in [6.07, 6.45) is 3.18. The summed E-state index contributed by atoms with van der Waals surface area (Å²) in [6, 6.07) is 7.45. The number of carbonyl (C=O) groups excluding carboxylic acids is 1. The van der Waals surface area contributed by atoms with Gasteiger partial charge in [0.05, 0.1) is 19.2 Å². The fourth-order valence-corrected chi connectivity index (χ4v) is 2.63. The molecule has 2 aromatic rings. The van der Waals surface area contributed by atoms with Gasteiger partial charge < -0.3 is 24.9 Å². The Morgan fingerprint density at radius 1 is 1.42 bits per heavy atom. The number of hydrogen-bond acceptors (Lipinski definition) is 6. The summed E-state index contributed by atoms with van der Waals surface area (Å²) in [5.41, 5.74) is 2.36. The number of fused-ring (bicyclic) bond motifs is 1. The number of aromatic nitrogens is 2. The van der Waals surface area contributed by atoms with Crippen molar-refractivity contribution < 1.29 is 44.6 Å². The van der Waals surface area contributed by atoms with E-state index in [-0.39, 0.29) is 36.0 Å². The van der Waals surface area contributed by atoms with Crippen LogP contribution in [0.25, 0.3) is 0 Å². The molecule has 0 aliphatic carbocycles. The van der Waals surface area contributed by atoms with E-state index >= 15 is 0 Å². The number of aryl methyl sites for hydroxylation is 2. The number of carboxylic acids is 1. The second kappa shape index (κ2) is 8.43. The quantitative estimate of drug-likeness (QED) is 0.564. The van der Waals surface area contributed by atoms with Gasteiger partial charge >= 0.3 is 29.6 Å². The van der Waals surface area contributed by atoms with Crippen molar-refractivity contribution in [3.05, 3.63) is 47.4 Å². The van der Waals surface area contributed by atoms with E-state index in [4.69, 9.17) is 0 Å². The third kappa shape index (κ3) is 4.45. The number of carbonyl (C=O) groups is 1. The molecule has 8 heteroatoms. The summed E-state index contributed by atoms with van der Waals surface area (Å²) in [5, 5.41) is 23.7. The number of imidazole rings is 1. The topological polar surface area (TPSA) is 103 Å². The summed E-state index contributed by atoms with van der Waals surface area (Å²) in [4.78, 5) is 19.0. The third-order valence-electron chi connectivity index (χ3n) is 3.73. The summed E-state index contributed by atoms with van der Waals surface area (Å²) < 4.78 is 1.92. The first-order valence-corrected chi connectivity index (χ1v) is 7.39. The predicted molar refractivity (Wildman–Crippen MR) is 83.0 cm³/mol. The number of aliphatic hydroxyl groups is 1. The second-order valence-electron chi connectivity index (χ2n) is 5.44. The molecule has 0 amide bonds. The van der Waals surface area contributed by atoms with E-state index < -0.39 is 12.1 Å². The number of benzene rings is 1. The molecule has 1 atom stereocenters. The van der Waals surface area contributed by atoms with Crippen LogP contribution in [0.5, 0.6) is 0 Å². The zero-order valence-corrected chi connectivity index (χ0v) is 15.5. The van der Waals surface area contributed by atoms with E-state index in [1.165, 1.54) is 0 Å². The number of aliphatic carboxylic acids is 1. The SMILES string of the molecule is O=C([O-])Cc1cccc(CCn2cnc3c2NC=NCC3O)c1.[Na+]. The minimum atomic E-state index is -1.08. The first-order chi connectivity index (χ1) is 11.1. The molecule has 1 aliphatic rings. The molecule has 0 saturated heterocycles. The third-order valence-corrected chi connectivity index (χ3v) is 3.73. The average molecular weight is 336 g/mol. The van der Waals surface area contributed by atoms with Gasteiger partial charge in [-0.3, -0.25) is 4.99 Å². The molecule has 0 radical (unpaired) electrons. The van der Waals surface area contributed by atoms with E-state index in [9.17, 15) is 15.0 Å². The van der Waals surface area contributed by atoms with E-state index in [0.29, 0.717) is 18.8 Å². The first kappa shape index (κ1) is 18.7. The second-order valence-corrected chi connectivity index (χ2v) is 5.44. The molecule has 2 N–H and O–H groups in total. The van der Waals surface area contributed by atoms with Crippen LogP contribution < -0.4 is 40.0 Å². The van der Waals surface area contributed by atoms with Gasteiger partial charge in [0.1, 0.15) is 17.6 Å². The standard InChI is InChI=1S/C16H18N4O3.Na/c21-13-8-17-9-18-16-15(13)19-10-20(16)5-4-11-2-1-3-12(6-11)7-14(22)23;/h1-3,6,9-10,13,21H,4-5,7-8H2,(H,17,18)(H,22,23);/q;+1/p-1. The fourth-order valence-electron chi connectivity index (χ4n) is 2.63. The van der Waals surface area contributed by atoms with E-state index in [2.05, 4.69) is 15.3 Å². The molecule has 0 fully saturated rings. The Morgan fingerprint density at radius 3 is 3.00 bits per heavy atom. The molecule has 1 aliphatic heterocycles. The number of aliphatic imine (C=N–C) groups is 1. The van der Waals surface area contributed by atoms with Gasteiger partial charge in [-0.15, -0.1) is 0 Å². The normalized spacial score (nSPS) is 15.8. The maximum absolute atomic E-state index is 10.7. The number of carboxylic acid groups (broad SMARTS) is 1. The minimum absolute atomic E-state index is 0. The van der Waals surface area contributed by atoms with Crippen LogP contribution in [-0.4, -0.2) is 33.5 Å². The molecule has 1 aromatic carbocycles.